The van der Waals surface area contributed by atoms with Gasteiger partial charge in [-0.15, -0.1) is 0 Å². The van der Waals surface area contributed by atoms with Gasteiger partial charge in [0.05, 0.1) is 12.2 Å². The zero-order valence-corrected chi connectivity index (χ0v) is 7.56. The van der Waals surface area contributed by atoms with E-state index in [1.807, 2.05) is 0 Å². The molecule has 1 saturated heterocycles. The molecule has 4 N–H and O–H groups in total. The largest absolute Gasteiger partial charge is 0.390 e. The lowest BCUT2D eigenvalue weighted by atomic mass is 9.75. The molecule has 13 heavy (non-hydrogen) atoms. The molecule has 0 bridgehead atoms. The van der Waals surface area contributed by atoms with Crippen LogP contribution in [-0.4, -0.2) is 46.2 Å². The summed E-state index contributed by atoms with van der Waals surface area (Å²) >= 11 is 0. The quantitative estimate of drug-likeness (QED) is 0.386. The van der Waals surface area contributed by atoms with Crippen molar-refractivity contribution in [2.24, 2.45) is 5.92 Å². The second-order valence-corrected chi connectivity index (χ2v) is 4.15. The number of hydrogen-bond acceptors (Lipinski definition) is 4. The highest BCUT2D eigenvalue weighted by molar-refractivity contribution is 4.97. The van der Waals surface area contributed by atoms with Crippen LogP contribution in [0.3, 0.4) is 0 Å². The number of aliphatic hydroxyl groups is 3. The van der Waals surface area contributed by atoms with Gasteiger partial charge in [-0.1, -0.05) is 0 Å². The topological polar surface area (TPSA) is 72.7 Å². The SMILES string of the molecule is OC1CC2NCCCC2C(O)C1O. The summed E-state index contributed by atoms with van der Waals surface area (Å²) in [6, 6.07) is 0.183. The summed E-state index contributed by atoms with van der Waals surface area (Å²) in [5.74, 6) is 0.118. The smallest absolute Gasteiger partial charge is 0.106 e. The molecule has 5 atom stereocenters. The molecule has 2 rings (SSSR count). The minimum absolute atomic E-state index is 0.118. The third-order valence-corrected chi connectivity index (χ3v) is 3.32. The summed E-state index contributed by atoms with van der Waals surface area (Å²) in [5, 5.41) is 31.9. The first-order valence-electron chi connectivity index (χ1n) is 4.97. The monoisotopic (exact) mass is 187 g/mol. The number of nitrogens with one attached hydrogen (secondary N) is 1. The Labute approximate surface area is 77.6 Å². The van der Waals surface area contributed by atoms with Gasteiger partial charge in [-0.05, 0) is 25.8 Å². The lowest BCUT2D eigenvalue weighted by Crippen LogP contribution is -2.58. The van der Waals surface area contributed by atoms with Gasteiger partial charge in [0.1, 0.15) is 6.10 Å². The van der Waals surface area contributed by atoms with E-state index < -0.39 is 18.3 Å². The molecule has 0 radical (unpaired) electrons. The molecule has 2 fully saturated rings. The van der Waals surface area contributed by atoms with E-state index in [1.54, 1.807) is 0 Å². The predicted octanol–water partition coefficient (Wildman–Crippen LogP) is -1.16. The molecule has 76 valence electrons. The maximum atomic E-state index is 9.69. The van der Waals surface area contributed by atoms with Crippen molar-refractivity contribution in [2.75, 3.05) is 6.54 Å². The van der Waals surface area contributed by atoms with Gasteiger partial charge in [0.15, 0.2) is 0 Å². The van der Waals surface area contributed by atoms with E-state index in [-0.39, 0.29) is 12.0 Å². The van der Waals surface area contributed by atoms with Crippen molar-refractivity contribution in [3.05, 3.63) is 0 Å². The standard InChI is InChI=1S/C9H17NO3/c11-7-4-6-5(2-1-3-10-6)8(12)9(7)13/h5-13H,1-4H2. The lowest BCUT2D eigenvalue weighted by Gasteiger charge is -2.44. The lowest BCUT2D eigenvalue weighted by molar-refractivity contribution is -0.126. The summed E-state index contributed by atoms with van der Waals surface area (Å²) in [6.45, 7) is 0.955. The molecule has 5 unspecified atom stereocenters. The molecule has 4 heteroatoms. The molecular formula is C9H17NO3. The molecule has 0 aromatic rings. The van der Waals surface area contributed by atoms with Crippen molar-refractivity contribution in [1.82, 2.24) is 5.32 Å². The number of piperidine rings is 1. The predicted molar refractivity (Wildman–Crippen MR) is 47.2 cm³/mol. The molecular weight excluding hydrogens is 170 g/mol. The van der Waals surface area contributed by atoms with E-state index in [2.05, 4.69) is 5.32 Å². The summed E-state index contributed by atoms with van der Waals surface area (Å²) in [6.07, 6.45) is 0.0524. The first-order valence-corrected chi connectivity index (χ1v) is 4.97. The van der Waals surface area contributed by atoms with Crippen molar-refractivity contribution in [3.8, 4) is 0 Å². The van der Waals surface area contributed by atoms with Crippen molar-refractivity contribution in [1.29, 1.82) is 0 Å². The summed E-state index contributed by atoms with van der Waals surface area (Å²) < 4.78 is 0. The van der Waals surface area contributed by atoms with Crippen molar-refractivity contribution < 1.29 is 15.3 Å². The van der Waals surface area contributed by atoms with Gasteiger partial charge in [0, 0.05) is 12.0 Å². The van der Waals surface area contributed by atoms with Crippen LogP contribution in [0.5, 0.6) is 0 Å². The van der Waals surface area contributed by atoms with Gasteiger partial charge < -0.3 is 20.6 Å². The Morgan fingerprint density at radius 2 is 1.85 bits per heavy atom. The van der Waals surface area contributed by atoms with Crippen LogP contribution in [0.15, 0.2) is 0 Å². The number of aliphatic hydroxyl groups excluding tert-OH is 3. The normalized spacial score (nSPS) is 51.5. The van der Waals surface area contributed by atoms with Crippen molar-refractivity contribution in [3.63, 3.8) is 0 Å². The number of hydrogen-bond donors (Lipinski definition) is 4. The molecule has 0 aromatic heterocycles. The molecule has 1 aliphatic carbocycles. The third-order valence-electron chi connectivity index (χ3n) is 3.32. The Bertz CT molecular complexity index is 186. The number of fused-ring (bicyclic) bond motifs is 1. The third kappa shape index (κ3) is 1.59. The first-order chi connectivity index (χ1) is 6.20. The van der Waals surface area contributed by atoms with Gasteiger partial charge in [-0.3, -0.25) is 0 Å². The molecule has 2 aliphatic rings. The van der Waals surface area contributed by atoms with Crippen LogP contribution in [0.2, 0.25) is 0 Å². The van der Waals surface area contributed by atoms with Crippen LogP contribution in [0.1, 0.15) is 19.3 Å². The Hall–Kier alpha value is -0.160. The molecule has 1 aliphatic heterocycles. The highest BCUT2D eigenvalue weighted by Gasteiger charge is 2.43. The van der Waals surface area contributed by atoms with Gasteiger partial charge in [-0.25, -0.2) is 0 Å². The van der Waals surface area contributed by atoms with E-state index in [4.69, 9.17) is 0 Å². The van der Waals surface area contributed by atoms with Crippen molar-refractivity contribution >= 4 is 0 Å². The minimum Gasteiger partial charge on any atom is -0.390 e. The van der Waals surface area contributed by atoms with Crippen LogP contribution < -0.4 is 5.32 Å². The van der Waals surface area contributed by atoms with Gasteiger partial charge >= 0.3 is 0 Å². The average Bonchev–Trinajstić information content (AvgIpc) is 2.15. The maximum Gasteiger partial charge on any atom is 0.106 e. The van der Waals surface area contributed by atoms with Crippen LogP contribution in [0.4, 0.5) is 0 Å². The molecule has 4 nitrogen and oxygen atoms in total. The summed E-state index contributed by atoms with van der Waals surface area (Å²) in [5.41, 5.74) is 0. The van der Waals surface area contributed by atoms with E-state index in [0.29, 0.717) is 6.42 Å². The Morgan fingerprint density at radius 1 is 1.08 bits per heavy atom. The van der Waals surface area contributed by atoms with E-state index in [1.165, 1.54) is 0 Å². The molecule has 0 amide bonds. The molecule has 0 aromatic carbocycles. The van der Waals surface area contributed by atoms with E-state index >= 15 is 0 Å². The highest BCUT2D eigenvalue weighted by Crippen LogP contribution is 2.31. The second kappa shape index (κ2) is 3.53. The Balaban J connectivity index is 2.08. The zero-order valence-electron chi connectivity index (χ0n) is 7.56. The summed E-state index contributed by atoms with van der Waals surface area (Å²) in [4.78, 5) is 0. The first kappa shape index (κ1) is 9.40. The fourth-order valence-electron chi connectivity index (χ4n) is 2.53. The Kier molecular flexibility index (Phi) is 2.55. The molecule has 1 heterocycles. The average molecular weight is 187 g/mol. The van der Waals surface area contributed by atoms with Crippen LogP contribution in [0, 0.1) is 5.92 Å². The van der Waals surface area contributed by atoms with Gasteiger partial charge in [0.25, 0.3) is 0 Å². The molecule has 1 saturated carbocycles. The molecule has 0 spiro atoms. The number of rotatable bonds is 0. The van der Waals surface area contributed by atoms with Crippen LogP contribution in [-0.2, 0) is 0 Å². The zero-order chi connectivity index (χ0) is 9.42. The summed E-state index contributed by atoms with van der Waals surface area (Å²) in [7, 11) is 0. The van der Waals surface area contributed by atoms with Crippen LogP contribution >= 0.6 is 0 Å². The maximum absolute atomic E-state index is 9.69. The minimum atomic E-state index is -0.957. The van der Waals surface area contributed by atoms with Crippen molar-refractivity contribution in [2.45, 2.75) is 43.6 Å². The highest BCUT2D eigenvalue weighted by atomic mass is 16.4. The van der Waals surface area contributed by atoms with E-state index in [0.717, 1.165) is 19.4 Å². The van der Waals surface area contributed by atoms with Gasteiger partial charge in [0.2, 0.25) is 0 Å². The Morgan fingerprint density at radius 3 is 2.62 bits per heavy atom. The second-order valence-electron chi connectivity index (χ2n) is 4.15. The fourth-order valence-corrected chi connectivity index (χ4v) is 2.53. The fraction of sp³-hybridized carbons (Fsp3) is 1.00. The van der Waals surface area contributed by atoms with E-state index in [9.17, 15) is 15.3 Å². The van der Waals surface area contributed by atoms with Crippen LogP contribution in [0.25, 0.3) is 0 Å². The van der Waals surface area contributed by atoms with Gasteiger partial charge in [-0.2, -0.15) is 0 Å².